The van der Waals surface area contributed by atoms with E-state index in [1.807, 2.05) is 0 Å². The van der Waals surface area contributed by atoms with E-state index in [1.165, 1.54) is 167 Å². The minimum atomic E-state index is -0.758. The summed E-state index contributed by atoms with van der Waals surface area (Å²) in [5, 5.41) is 0. The predicted octanol–water partition coefficient (Wildman–Crippen LogP) is 15.9. The van der Waals surface area contributed by atoms with E-state index in [0.29, 0.717) is 19.3 Å². The lowest BCUT2D eigenvalue weighted by atomic mass is 9.99. The molecular formula is C50H96O6. The topological polar surface area (TPSA) is 78.9 Å². The number of ether oxygens (including phenoxy) is 3. The van der Waals surface area contributed by atoms with Crippen molar-refractivity contribution in [1.82, 2.24) is 0 Å². The van der Waals surface area contributed by atoms with Crippen molar-refractivity contribution in [1.29, 1.82) is 0 Å². The van der Waals surface area contributed by atoms with Crippen molar-refractivity contribution in [2.24, 2.45) is 5.92 Å². The van der Waals surface area contributed by atoms with Crippen molar-refractivity contribution in [3.05, 3.63) is 0 Å². The van der Waals surface area contributed by atoms with Gasteiger partial charge in [-0.25, -0.2) is 0 Å². The minimum absolute atomic E-state index is 0.0643. The van der Waals surface area contributed by atoms with E-state index in [0.717, 1.165) is 70.1 Å². The molecule has 1 unspecified atom stereocenters. The highest BCUT2D eigenvalue weighted by Crippen LogP contribution is 2.18. The molecule has 6 nitrogen and oxygen atoms in total. The lowest BCUT2D eigenvalue weighted by molar-refractivity contribution is -0.167. The van der Waals surface area contributed by atoms with Crippen LogP contribution < -0.4 is 0 Å². The normalized spacial score (nSPS) is 12.4. The van der Waals surface area contributed by atoms with Gasteiger partial charge >= 0.3 is 17.9 Å². The molecule has 0 aromatic rings. The monoisotopic (exact) mass is 793 g/mol. The van der Waals surface area contributed by atoms with Gasteiger partial charge in [0.2, 0.25) is 0 Å². The molecule has 0 aromatic heterocycles. The molecule has 0 aliphatic rings. The van der Waals surface area contributed by atoms with Crippen molar-refractivity contribution in [3.8, 4) is 0 Å². The Kier molecular flexibility index (Phi) is 43.2. The molecule has 2 atom stereocenters. The van der Waals surface area contributed by atoms with Gasteiger partial charge in [0.15, 0.2) is 6.10 Å². The molecule has 0 saturated heterocycles. The average molecular weight is 793 g/mol. The van der Waals surface area contributed by atoms with Crippen molar-refractivity contribution < 1.29 is 28.6 Å². The first-order valence-corrected chi connectivity index (χ1v) is 24.9. The van der Waals surface area contributed by atoms with E-state index in [1.54, 1.807) is 0 Å². The Morgan fingerprint density at radius 2 is 0.625 bits per heavy atom. The van der Waals surface area contributed by atoms with Crippen LogP contribution in [-0.2, 0) is 28.6 Å². The predicted molar refractivity (Wildman–Crippen MR) is 238 cm³/mol. The summed E-state index contributed by atoms with van der Waals surface area (Å²) in [4.78, 5) is 37.5. The Balaban J connectivity index is 4.05. The third kappa shape index (κ3) is 42.0. The third-order valence-electron chi connectivity index (χ3n) is 11.7. The summed E-state index contributed by atoms with van der Waals surface area (Å²) in [6, 6.07) is 0. The summed E-state index contributed by atoms with van der Waals surface area (Å²) < 4.78 is 16.6. The summed E-state index contributed by atoms with van der Waals surface area (Å²) in [5.41, 5.74) is 0. The van der Waals surface area contributed by atoms with E-state index in [9.17, 15) is 14.4 Å². The molecule has 0 fully saturated rings. The standard InChI is InChI=1S/C50H96O6/c1-5-8-10-12-13-14-23-27-30-34-38-42-49(52)55-45-47(44-54-48(51)41-37-32-11-9-6-2)56-50(53)43-39-35-31-28-25-22-20-18-16-15-17-19-21-24-26-29-33-36-40-46(4)7-3/h46-47H,5-45H2,1-4H3/t46?,47-/m0/s1. The molecule has 0 N–H and O–H groups in total. The van der Waals surface area contributed by atoms with Crippen LogP contribution in [0.2, 0.25) is 0 Å². The van der Waals surface area contributed by atoms with Gasteiger partial charge < -0.3 is 14.2 Å². The van der Waals surface area contributed by atoms with Gasteiger partial charge in [0, 0.05) is 19.3 Å². The van der Waals surface area contributed by atoms with Crippen molar-refractivity contribution in [2.75, 3.05) is 13.2 Å². The fraction of sp³-hybridized carbons (Fsp3) is 0.940. The number of unbranched alkanes of at least 4 members (excludes halogenated alkanes) is 31. The van der Waals surface area contributed by atoms with Gasteiger partial charge in [0.05, 0.1) is 0 Å². The SMILES string of the molecule is CCCCCCCCCCCCCC(=O)OC[C@H](COC(=O)CCCCCCC)OC(=O)CCCCCCCCCCCCCCCCCCCCC(C)CC. The van der Waals surface area contributed by atoms with Crippen LogP contribution in [0.3, 0.4) is 0 Å². The van der Waals surface area contributed by atoms with Crippen molar-refractivity contribution >= 4 is 17.9 Å². The Bertz CT molecular complexity index is 843. The van der Waals surface area contributed by atoms with Crippen LogP contribution in [0.25, 0.3) is 0 Å². The molecule has 0 heterocycles. The molecule has 0 aliphatic carbocycles. The zero-order chi connectivity index (χ0) is 41.0. The third-order valence-corrected chi connectivity index (χ3v) is 11.7. The second-order valence-corrected chi connectivity index (χ2v) is 17.3. The lowest BCUT2D eigenvalue weighted by Gasteiger charge is -2.18. The Hall–Kier alpha value is -1.59. The quantitative estimate of drug-likeness (QED) is 0.0347. The Morgan fingerprint density at radius 3 is 0.929 bits per heavy atom. The molecule has 332 valence electrons. The van der Waals surface area contributed by atoms with Gasteiger partial charge in [-0.1, -0.05) is 240 Å². The van der Waals surface area contributed by atoms with Gasteiger partial charge in [-0.15, -0.1) is 0 Å². The smallest absolute Gasteiger partial charge is 0.306 e. The first-order valence-electron chi connectivity index (χ1n) is 24.9. The van der Waals surface area contributed by atoms with Crippen LogP contribution in [-0.4, -0.2) is 37.2 Å². The summed E-state index contributed by atoms with van der Waals surface area (Å²) in [6.07, 6.45) is 45.5. The second-order valence-electron chi connectivity index (χ2n) is 17.3. The molecule has 0 spiro atoms. The fourth-order valence-electron chi connectivity index (χ4n) is 7.48. The van der Waals surface area contributed by atoms with Gasteiger partial charge in [-0.2, -0.15) is 0 Å². The van der Waals surface area contributed by atoms with Crippen LogP contribution in [0.5, 0.6) is 0 Å². The summed E-state index contributed by atoms with van der Waals surface area (Å²) in [5.74, 6) is 0.0454. The number of hydrogen-bond acceptors (Lipinski definition) is 6. The highest BCUT2D eigenvalue weighted by molar-refractivity contribution is 5.71. The highest BCUT2D eigenvalue weighted by Gasteiger charge is 2.19. The van der Waals surface area contributed by atoms with Crippen LogP contribution in [0.1, 0.15) is 278 Å². The van der Waals surface area contributed by atoms with Crippen LogP contribution in [0.4, 0.5) is 0 Å². The minimum Gasteiger partial charge on any atom is -0.462 e. The summed E-state index contributed by atoms with van der Waals surface area (Å²) >= 11 is 0. The van der Waals surface area contributed by atoms with Gasteiger partial charge in [-0.3, -0.25) is 14.4 Å². The van der Waals surface area contributed by atoms with Crippen molar-refractivity contribution in [3.63, 3.8) is 0 Å². The number of esters is 3. The van der Waals surface area contributed by atoms with Crippen LogP contribution >= 0.6 is 0 Å². The maximum atomic E-state index is 12.7. The molecule has 0 saturated carbocycles. The van der Waals surface area contributed by atoms with Crippen LogP contribution in [0, 0.1) is 5.92 Å². The number of rotatable bonds is 45. The molecule has 0 bridgehead atoms. The molecule has 0 radical (unpaired) electrons. The molecule has 56 heavy (non-hydrogen) atoms. The van der Waals surface area contributed by atoms with Gasteiger partial charge in [0.25, 0.3) is 0 Å². The molecule has 0 aliphatic heterocycles. The van der Waals surface area contributed by atoms with Crippen LogP contribution in [0.15, 0.2) is 0 Å². The van der Waals surface area contributed by atoms with E-state index in [4.69, 9.17) is 14.2 Å². The largest absolute Gasteiger partial charge is 0.462 e. The zero-order valence-corrected chi connectivity index (χ0v) is 38.1. The van der Waals surface area contributed by atoms with E-state index in [-0.39, 0.29) is 31.1 Å². The highest BCUT2D eigenvalue weighted by atomic mass is 16.6. The maximum Gasteiger partial charge on any atom is 0.306 e. The first kappa shape index (κ1) is 54.4. The lowest BCUT2D eigenvalue weighted by Crippen LogP contribution is -2.30. The first-order chi connectivity index (χ1) is 27.4. The Labute approximate surface area is 348 Å². The summed E-state index contributed by atoms with van der Waals surface area (Å²) in [7, 11) is 0. The van der Waals surface area contributed by atoms with Gasteiger partial charge in [-0.05, 0) is 25.2 Å². The molecule has 6 heteroatoms. The maximum absolute atomic E-state index is 12.7. The summed E-state index contributed by atoms with van der Waals surface area (Å²) in [6.45, 7) is 8.98. The van der Waals surface area contributed by atoms with E-state index >= 15 is 0 Å². The fourth-order valence-corrected chi connectivity index (χ4v) is 7.48. The molecule has 0 amide bonds. The van der Waals surface area contributed by atoms with E-state index < -0.39 is 6.10 Å². The average Bonchev–Trinajstić information content (AvgIpc) is 3.19. The van der Waals surface area contributed by atoms with Gasteiger partial charge in [0.1, 0.15) is 13.2 Å². The number of carbonyl (C=O) groups is 3. The molecular weight excluding hydrogens is 697 g/mol. The zero-order valence-electron chi connectivity index (χ0n) is 38.1. The second kappa shape index (κ2) is 44.5. The van der Waals surface area contributed by atoms with E-state index in [2.05, 4.69) is 27.7 Å². The number of hydrogen-bond donors (Lipinski definition) is 0. The van der Waals surface area contributed by atoms with Crippen molar-refractivity contribution in [2.45, 2.75) is 284 Å². The Morgan fingerprint density at radius 1 is 0.357 bits per heavy atom. The number of carbonyl (C=O) groups excluding carboxylic acids is 3. The molecule has 0 rings (SSSR count). The molecule has 0 aromatic carbocycles.